The molecule has 0 saturated heterocycles. The second-order valence-electron chi connectivity index (χ2n) is 6.71. The molecule has 0 spiro atoms. The van der Waals surface area contributed by atoms with Crippen LogP contribution >= 0.6 is 0 Å². The third kappa shape index (κ3) is 4.63. The number of hydrazine groups is 1. The van der Waals surface area contributed by atoms with Crippen molar-refractivity contribution >= 4 is 7.12 Å². The standard InChI is InChI=1S/C13H8BF17N2O3/c15-6(16,4-36-33-2-1-5(3-32-33)14(34)35)7(17,18)8(19,20)9(21,22)10(23,24)11(25,26)12(27,28)13(29,30)31/h1-3,32,34-35H,4H2. The number of alkyl halides is 17. The van der Waals surface area contributed by atoms with Gasteiger partial charge in [-0.25, -0.2) is 4.84 Å². The van der Waals surface area contributed by atoms with Crippen LogP contribution in [0.25, 0.3) is 0 Å². The van der Waals surface area contributed by atoms with E-state index in [0.29, 0.717) is 18.5 Å². The lowest BCUT2D eigenvalue weighted by Gasteiger charge is -2.42. The van der Waals surface area contributed by atoms with Gasteiger partial charge in [-0.15, -0.1) is 0 Å². The molecule has 0 saturated carbocycles. The Morgan fingerprint density at radius 2 is 1.06 bits per heavy atom. The third-order valence-electron chi connectivity index (χ3n) is 4.23. The Bertz CT molecular complexity index is 870. The Kier molecular flexibility index (Phi) is 7.96. The van der Waals surface area contributed by atoms with Crippen LogP contribution in [0, 0.1) is 0 Å². The fraction of sp³-hybridized carbons (Fsp3) is 0.692. The summed E-state index contributed by atoms with van der Waals surface area (Å²) in [6.07, 6.45) is -6.39. The molecule has 1 aliphatic heterocycles. The van der Waals surface area contributed by atoms with Crippen LogP contribution in [0.15, 0.2) is 23.9 Å². The Hall–Kier alpha value is -2.17. The number of hydrogen-bond acceptors (Lipinski definition) is 5. The normalized spacial score (nSPS) is 17.2. The van der Waals surface area contributed by atoms with Crippen molar-refractivity contribution in [1.29, 1.82) is 0 Å². The maximum absolute atomic E-state index is 13.7. The first-order valence-corrected chi connectivity index (χ1v) is 8.27. The van der Waals surface area contributed by atoms with E-state index >= 15 is 0 Å². The lowest BCUT2D eigenvalue weighted by molar-refractivity contribution is -0.463. The minimum Gasteiger partial charge on any atom is -0.423 e. The molecule has 23 heteroatoms. The van der Waals surface area contributed by atoms with E-state index in [1.807, 2.05) is 0 Å². The second kappa shape index (κ2) is 8.99. The van der Waals surface area contributed by atoms with Crippen LogP contribution in [-0.2, 0) is 4.84 Å². The van der Waals surface area contributed by atoms with Gasteiger partial charge in [-0.05, 0) is 6.08 Å². The van der Waals surface area contributed by atoms with Crippen molar-refractivity contribution in [3.63, 3.8) is 0 Å². The molecule has 5 nitrogen and oxygen atoms in total. The maximum atomic E-state index is 13.7. The number of nitrogens with one attached hydrogen (secondary N) is 1. The topological polar surface area (TPSA) is 65.0 Å². The van der Waals surface area contributed by atoms with Crippen LogP contribution in [-0.4, -0.2) is 76.6 Å². The molecule has 3 N–H and O–H groups in total. The molecule has 1 aliphatic rings. The fourth-order valence-corrected chi connectivity index (χ4v) is 2.06. The van der Waals surface area contributed by atoms with Gasteiger partial charge in [-0.1, -0.05) is 0 Å². The third-order valence-corrected chi connectivity index (χ3v) is 4.23. The molecule has 210 valence electrons. The molecule has 0 aromatic rings. The van der Waals surface area contributed by atoms with E-state index in [0.717, 1.165) is 0 Å². The van der Waals surface area contributed by atoms with Crippen molar-refractivity contribution in [1.82, 2.24) is 10.6 Å². The number of nitrogens with zero attached hydrogens (tertiary/aromatic N) is 1. The first-order chi connectivity index (χ1) is 15.6. The summed E-state index contributed by atoms with van der Waals surface area (Å²) >= 11 is 0. The molecule has 0 amide bonds. The van der Waals surface area contributed by atoms with Crippen molar-refractivity contribution in [3.05, 3.63) is 23.9 Å². The Morgan fingerprint density at radius 3 is 1.39 bits per heavy atom. The Morgan fingerprint density at radius 1 is 0.667 bits per heavy atom. The lowest BCUT2D eigenvalue weighted by atomic mass is 9.80. The molecule has 0 bridgehead atoms. The maximum Gasteiger partial charge on any atom is 0.490 e. The largest absolute Gasteiger partial charge is 0.490 e. The summed E-state index contributed by atoms with van der Waals surface area (Å²) in [4.78, 5) is 3.74. The Balaban J connectivity index is 3.32. The zero-order valence-corrected chi connectivity index (χ0v) is 16.2. The molecule has 36 heavy (non-hydrogen) atoms. The van der Waals surface area contributed by atoms with Gasteiger partial charge in [-0.2, -0.15) is 79.8 Å². The smallest absolute Gasteiger partial charge is 0.423 e. The average molecular weight is 574 g/mol. The van der Waals surface area contributed by atoms with Gasteiger partial charge in [0.25, 0.3) is 0 Å². The number of rotatable bonds is 10. The summed E-state index contributed by atoms with van der Waals surface area (Å²) in [5.74, 6) is -57.2. The number of hydrogen-bond donors (Lipinski definition) is 3. The molecular weight excluding hydrogens is 566 g/mol. The highest BCUT2D eigenvalue weighted by Crippen LogP contribution is 2.63. The first-order valence-electron chi connectivity index (χ1n) is 8.27. The van der Waals surface area contributed by atoms with Gasteiger partial charge >= 0.3 is 54.8 Å². The number of halogens is 17. The number of hydroxylamine groups is 1. The van der Waals surface area contributed by atoms with E-state index in [4.69, 9.17) is 10.0 Å². The summed E-state index contributed by atoms with van der Waals surface area (Å²) in [7, 11) is -2.22. The molecule has 0 unspecified atom stereocenters. The van der Waals surface area contributed by atoms with E-state index in [1.54, 1.807) is 5.43 Å². The number of allylic oxidation sites excluding steroid dienone is 2. The highest BCUT2D eigenvalue weighted by molar-refractivity contribution is 6.51. The van der Waals surface area contributed by atoms with Gasteiger partial charge in [0.1, 0.15) is 6.61 Å². The highest BCUT2D eigenvalue weighted by atomic mass is 19.4. The summed E-state index contributed by atoms with van der Waals surface area (Å²) in [6, 6.07) is 0. The van der Waals surface area contributed by atoms with E-state index in [2.05, 4.69) is 4.84 Å². The van der Waals surface area contributed by atoms with Crippen molar-refractivity contribution in [2.45, 2.75) is 47.6 Å². The summed E-state index contributed by atoms with van der Waals surface area (Å²) < 4.78 is 223. The van der Waals surface area contributed by atoms with Crippen LogP contribution in [0.2, 0.25) is 0 Å². The van der Waals surface area contributed by atoms with Crippen LogP contribution in [0.1, 0.15) is 0 Å². The van der Waals surface area contributed by atoms with Crippen molar-refractivity contribution in [2.75, 3.05) is 6.61 Å². The van der Waals surface area contributed by atoms with Gasteiger partial charge in [0.2, 0.25) is 0 Å². The molecule has 0 radical (unpaired) electrons. The predicted octanol–water partition coefficient (Wildman–Crippen LogP) is 4.16. The second-order valence-corrected chi connectivity index (χ2v) is 6.71. The van der Waals surface area contributed by atoms with Crippen LogP contribution < -0.4 is 5.43 Å². The zero-order valence-electron chi connectivity index (χ0n) is 16.2. The molecule has 0 aromatic heterocycles. The van der Waals surface area contributed by atoms with Gasteiger partial charge in [0, 0.05) is 11.7 Å². The molecule has 1 heterocycles. The summed E-state index contributed by atoms with van der Waals surface area (Å²) in [5, 5.41) is 17.3. The minimum atomic E-state index is -8.70. The minimum absolute atomic E-state index is 0.210. The van der Waals surface area contributed by atoms with Gasteiger partial charge in [0.05, 0.1) is 6.20 Å². The zero-order chi connectivity index (χ0) is 29.0. The first kappa shape index (κ1) is 31.9. The van der Waals surface area contributed by atoms with Crippen LogP contribution in [0.4, 0.5) is 74.6 Å². The van der Waals surface area contributed by atoms with E-state index in [-0.39, 0.29) is 5.17 Å². The van der Waals surface area contributed by atoms with Gasteiger partial charge in [0.15, 0.2) is 0 Å². The molecule has 0 aliphatic carbocycles. The monoisotopic (exact) mass is 574 g/mol. The summed E-state index contributed by atoms with van der Waals surface area (Å²) in [5.41, 5.74) is 1.18. The molecule has 0 atom stereocenters. The van der Waals surface area contributed by atoms with Crippen molar-refractivity contribution in [2.24, 2.45) is 0 Å². The lowest BCUT2D eigenvalue weighted by Crippen LogP contribution is -2.74. The highest BCUT2D eigenvalue weighted by Gasteiger charge is 2.95. The molecule has 0 aromatic carbocycles. The Labute approximate surface area is 186 Å². The molecular formula is C13H8BF17N2O3. The van der Waals surface area contributed by atoms with E-state index in [9.17, 15) is 74.6 Å². The SMILES string of the molecule is OB(O)C1=CNN(OCC(F)(F)C(F)(F)C(F)(F)C(F)(F)C(F)(F)C(F)(F)C(F)(F)C(F)(F)F)C=C1. The molecule has 0 fully saturated rings. The fourth-order valence-electron chi connectivity index (χ4n) is 2.06. The summed E-state index contributed by atoms with van der Waals surface area (Å²) in [6.45, 7) is -3.16. The van der Waals surface area contributed by atoms with Gasteiger partial charge < -0.3 is 10.0 Å². The van der Waals surface area contributed by atoms with Gasteiger partial charge in [-0.3, -0.25) is 5.43 Å². The van der Waals surface area contributed by atoms with Crippen molar-refractivity contribution in [3.8, 4) is 0 Å². The molecule has 1 rings (SSSR count). The quantitative estimate of drug-likeness (QED) is 0.271. The van der Waals surface area contributed by atoms with E-state index in [1.165, 1.54) is 0 Å². The van der Waals surface area contributed by atoms with Crippen LogP contribution in [0.3, 0.4) is 0 Å². The van der Waals surface area contributed by atoms with Crippen LogP contribution in [0.5, 0.6) is 0 Å². The predicted molar refractivity (Wildman–Crippen MR) is 79.0 cm³/mol. The van der Waals surface area contributed by atoms with Crippen molar-refractivity contribution < 1.29 is 89.5 Å². The van der Waals surface area contributed by atoms with E-state index < -0.39 is 66.8 Å². The average Bonchev–Trinajstić information content (AvgIpc) is 2.70.